The first-order chi connectivity index (χ1) is 14.5. The molecule has 0 radical (unpaired) electrons. The Bertz CT molecular complexity index is 1270. The van der Waals surface area contributed by atoms with Gasteiger partial charge in [0.15, 0.2) is 0 Å². The van der Waals surface area contributed by atoms with E-state index in [-0.39, 0.29) is 21.4 Å². The summed E-state index contributed by atoms with van der Waals surface area (Å²) in [5, 5.41) is 6.25. The number of nitrogens with zero attached hydrogens (tertiary/aromatic N) is 1. The van der Waals surface area contributed by atoms with Gasteiger partial charge in [0.05, 0.1) is 11.3 Å². The van der Waals surface area contributed by atoms with Gasteiger partial charge in [0.2, 0.25) is 0 Å². The monoisotopic (exact) mass is 437 g/mol. The molecule has 2 aromatic heterocycles. The van der Waals surface area contributed by atoms with Crippen LogP contribution in [-0.2, 0) is 16.4 Å². The average Bonchev–Trinajstić information content (AvgIpc) is 3.30. The molecule has 4 aromatic rings. The molecule has 0 spiro atoms. The van der Waals surface area contributed by atoms with Crippen molar-refractivity contribution in [1.82, 2.24) is 10.3 Å². The molecule has 2 aromatic carbocycles. The van der Waals surface area contributed by atoms with Crippen molar-refractivity contribution in [3.05, 3.63) is 89.6 Å². The maximum atomic E-state index is 12.9. The van der Waals surface area contributed by atoms with Crippen LogP contribution >= 0.6 is 11.3 Å². The number of fused-ring (bicyclic) bond motifs is 1. The maximum absolute atomic E-state index is 12.9. The van der Waals surface area contributed by atoms with Gasteiger partial charge >= 0.3 is 0 Å². The first-order valence-corrected chi connectivity index (χ1v) is 11.7. The minimum absolute atomic E-state index is 0.192. The molecule has 0 atom stereocenters. The first-order valence-electron chi connectivity index (χ1n) is 9.30. The molecule has 4 rings (SSSR count). The third-order valence-corrected chi connectivity index (χ3v) is 7.29. The summed E-state index contributed by atoms with van der Waals surface area (Å²) in [7, 11) is -3.78. The van der Waals surface area contributed by atoms with Crippen LogP contribution in [0.4, 0.5) is 5.69 Å². The van der Waals surface area contributed by atoms with Crippen LogP contribution in [0.1, 0.15) is 16.1 Å². The molecule has 0 aliphatic carbocycles. The largest absolute Gasteiger partial charge is 0.352 e. The summed E-state index contributed by atoms with van der Waals surface area (Å²) in [6.07, 6.45) is 2.29. The number of hydrogen-bond acceptors (Lipinski definition) is 5. The van der Waals surface area contributed by atoms with Gasteiger partial charge in [-0.05, 0) is 46.5 Å². The van der Waals surface area contributed by atoms with Gasteiger partial charge in [-0.15, -0.1) is 11.3 Å². The van der Waals surface area contributed by atoms with Gasteiger partial charge in [-0.25, -0.2) is 8.42 Å². The number of carbonyl (C=O) groups excluding carboxylic acids is 1. The third kappa shape index (κ3) is 4.50. The third-order valence-electron chi connectivity index (χ3n) is 4.53. The normalized spacial score (nSPS) is 11.3. The maximum Gasteiger partial charge on any atom is 0.271 e. The standard InChI is InChI=1S/C22H19N3O3S2/c26-22(24-12-10-18-8-3-4-11-23-18)19-14-16-6-1-2-7-17(16)15-20(19)25-30(27,28)21-9-5-13-29-21/h1-9,11,13-15,25H,10,12H2,(H,24,26). The summed E-state index contributed by atoms with van der Waals surface area (Å²) >= 11 is 1.12. The lowest BCUT2D eigenvalue weighted by molar-refractivity contribution is 0.0955. The average molecular weight is 438 g/mol. The Hall–Kier alpha value is -3.23. The minimum Gasteiger partial charge on any atom is -0.352 e. The SMILES string of the molecule is O=C(NCCc1ccccn1)c1cc2ccccc2cc1NS(=O)(=O)c1cccs1. The highest BCUT2D eigenvalue weighted by atomic mass is 32.2. The van der Waals surface area contributed by atoms with Crippen LogP contribution in [0.5, 0.6) is 0 Å². The van der Waals surface area contributed by atoms with E-state index in [0.717, 1.165) is 27.8 Å². The van der Waals surface area contributed by atoms with Crippen LogP contribution in [0, 0.1) is 0 Å². The van der Waals surface area contributed by atoms with E-state index in [1.807, 2.05) is 42.5 Å². The van der Waals surface area contributed by atoms with Crippen molar-refractivity contribution < 1.29 is 13.2 Å². The van der Waals surface area contributed by atoms with Crippen molar-refractivity contribution in [2.24, 2.45) is 0 Å². The predicted octanol–water partition coefficient (Wildman–Crippen LogP) is 4.07. The molecule has 0 saturated carbocycles. The molecular weight excluding hydrogens is 418 g/mol. The highest BCUT2D eigenvalue weighted by molar-refractivity contribution is 7.94. The number of carbonyl (C=O) groups is 1. The zero-order chi connectivity index (χ0) is 21.0. The molecule has 6 nitrogen and oxygen atoms in total. The van der Waals surface area contributed by atoms with Crippen molar-refractivity contribution in [1.29, 1.82) is 0 Å². The van der Waals surface area contributed by atoms with E-state index in [2.05, 4.69) is 15.0 Å². The second kappa shape index (κ2) is 8.64. The van der Waals surface area contributed by atoms with Gasteiger partial charge in [-0.2, -0.15) is 0 Å². The predicted molar refractivity (Wildman–Crippen MR) is 119 cm³/mol. The van der Waals surface area contributed by atoms with Gasteiger partial charge in [0.1, 0.15) is 4.21 Å². The zero-order valence-corrected chi connectivity index (χ0v) is 17.5. The number of benzene rings is 2. The van der Waals surface area contributed by atoms with Crippen LogP contribution in [0.2, 0.25) is 0 Å². The Balaban J connectivity index is 1.62. The Morgan fingerprint density at radius 3 is 2.43 bits per heavy atom. The van der Waals surface area contributed by atoms with E-state index in [9.17, 15) is 13.2 Å². The van der Waals surface area contributed by atoms with Crippen molar-refractivity contribution in [3.63, 3.8) is 0 Å². The van der Waals surface area contributed by atoms with Gasteiger partial charge in [-0.1, -0.05) is 36.4 Å². The summed E-state index contributed by atoms with van der Waals surface area (Å²) < 4.78 is 28.2. The fourth-order valence-electron chi connectivity index (χ4n) is 3.07. The summed E-state index contributed by atoms with van der Waals surface area (Å²) in [4.78, 5) is 17.1. The smallest absolute Gasteiger partial charge is 0.271 e. The Morgan fingerprint density at radius 2 is 1.73 bits per heavy atom. The van der Waals surface area contributed by atoms with Crippen molar-refractivity contribution in [2.75, 3.05) is 11.3 Å². The van der Waals surface area contributed by atoms with Crippen LogP contribution in [0.25, 0.3) is 10.8 Å². The van der Waals surface area contributed by atoms with Crippen LogP contribution in [0.3, 0.4) is 0 Å². The highest BCUT2D eigenvalue weighted by Gasteiger charge is 2.20. The Labute approximate surface area is 178 Å². The highest BCUT2D eigenvalue weighted by Crippen LogP contribution is 2.27. The molecule has 0 aliphatic rings. The molecule has 0 saturated heterocycles. The second-order valence-corrected chi connectivity index (χ2v) is 9.47. The molecule has 152 valence electrons. The van der Waals surface area contributed by atoms with E-state index in [1.54, 1.807) is 29.8 Å². The molecular formula is C22H19N3O3S2. The number of anilines is 1. The van der Waals surface area contributed by atoms with Gasteiger partial charge in [-0.3, -0.25) is 14.5 Å². The van der Waals surface area contributed by atoms with Crippen molar-refractivity contribution in [3.8, 4) is 0 Å². The molecule has 0 fully saturated rings. The second-order valence-electron chi connectivity index (χ2n) is 6.61. The Kier molecular flexibility index (Phi) is 5.78. The molecule has 2 heterocycles. The minimum atomic E-state index is -3.78. The van der Waals surface area contributed by atoms with Crippen LogP contribution in [0.15, 0.2) is 82.5 Å². The number of nitrogens with one attached hydrogen (secondary N) is 2. The lowest BCUT2D eigenvalue weighted by atomic mass is 10.0. The lowest BCUT2D eigenvalue weighted by Gasteiger charge is -2.14. The molecule has 0 unspecified atom stereocenters. The fourth-order valence-corrected chi connectivity index (χ4v) is 5.13. The number of thiophene rings is 1. The van der Waals surface area contributed by atoms with E-state index >= 15 is 0 Å². The van der Waals surface area contributed by atoms with E-state index < -0.39 is 10.0 Å². The molecule has 2 N–H and O–H groups in total. The molecule has 8 heteroatoms. The molecule has 0 aliphatic heterocycles. The Morgan fingerprint density at radius 1 is 0.967 bits per heavy atom. The van der Waals surface area contributed by atoms with Crippen LogP contribution in [-0.4, -0.2) is 25.9 Å². The molecule has 1 amide bonds. The molecule has 0 bridgehead atoms. The van der Waals surface area contributed by atoms with E-state index in [1.165, 1.54) is 6.07 Å². The number of rotatable bonds is 7. The summed E-state index contributed by atoms with van der Waals surface area (Å²) in [5.74, 6) is -0.347. The van der Waals surface area contributed by atoms with Gasteiger partial charge < -0.3 is 5.32 Å². The molecule has 30 heavy (non-hydrogen) atoms. The first kappa shape index (κ1) is 20.1. The number of pyridine rings is 1. The summed E-state index contributed by atoms with van der Waals surface area (Å²) in [6, 6.07) is 19.7. The number of aromatic nitrogens is 1. The van der Waals surface area contributed by atoms with Crippen molar-refractivity contribution in [2.45, 2.75) is 10.6 Å². The topological polar surface area (TPSA) is 88.2 Å². The van der Waals surface area contributed by atoms with Gasteiger partial charge in [0, 0.05) is 24.9 Å². The fraction of sp³-hybridized carbons (Fsp3) is 0.0909. The van der Waals surface area contributed by atoms with E-state index in [4.69, 9.17) is 0 Å². The van der Waals surface area contributed by atoms with Crippen LogP contribution < -0.4 is 10.0 Å². The summed E-state index contributed by atoms with van der Waals surface area (Å²) in [5.41, 5.74) is 1.39. The quantitative estimate of drug-likeness (QED) is 0.456. The van der Waals surface area contributed by atoms with E-state index in [0.29, 0.717) is 13.0 Å². The summed E-state index contributed by atoms with van der Waals surface area (Å²) in [6.45, 7) is 0.389. The van der Waals surface area contributed by atoms with Crippen molar-refractivity contribution >= 4 is 43.7 Å². The number of sulfonamides is 1. The zero-order valence-electron chi connectivity index (χ0n) is 15.9. The van der Waals surface area contributed by atoms with Gasteiger partial charge in [0.25, 0.3) is 15.9 Å². The number of amides is 1. The lowest BCUT2D eigenvalue weighted by Crippen LogP contribution is -2.27. The number of hydrogen-bond donors (Lipinski definition) is 2.